The summed E-state index contributed by atoms with van der Waals surface area (Å²) in [6.45, 7) is 2.72. The number of carboxylic acid groups (broad SMARTS) is 1. The van der Waals surface area contributed by atoms with Crippen molar-refractivity contribution >= 4 is 23.5 Å². The maximum absolute atomic E-state index is 12.6. The van der Waals surface area contributed by atoms with Gasteiger partial charge in [-0.1, -0.05) is 16.8 Å². The topological polar surface area (TPSA) is 96.1 Å². The van der Waals surface area contributed by atoms with E-state index in [-0.39, 0.29) is 29.6 Å². The SMILES string of the molecule is O=C(O)CN1C[C@@H]2COC[C@H](C1)N(C(=O)CCc1cc(Cl)no1)C2. The number of amides is 1. The van der Waals surface area contributed by atoms with Gasteiger partial charge in [-0.15, -0.1) is 0 Å². The van der Waals surface area contributed by atoms with E-state index in [1.54, 1.807) is 6.07 Å². The van der Waals surface area contributed by atoms with Gasteiger partial charge in [0.15, 0.2) is 5.15 Å². The van der Waals surface area contributed by atoms with Crippen molar-refractivity contribution < 1.29 is 24.0 Å². The lowest BCUT2D eigenvalue weighted by Crippen LogP contribution is -2.47. The van der Waals surface area contributed by atoms with Gasteiger partial charge < -0.3 is 19.3 Å². The molecule has 1 amide bonds. The number of ether oxygens (including phenoxy) is 1. The zero-order valence-corrected chi connectivity index (χ0v) is 13.9. The third-order valence-electron chi connectivity index (χ3n) is 4.34. The van der Waals surface area contributed by atoms with E-state index in [0.717, 1.165) is 0 Å². The second kappa shape index (κ2) is 7.50. The number of aromatic nitrogens is 1. The van der Waals surface area contributed by atoms with Gasteiger partial charge in [0.1, 0.15) is 5.76 Å². The molecule has 0 radical (unpaired) electrons. The minimum Gasteiger partial charge on any atom is -0.480 e. The first kappa shape index (κ1) is 17.2. The van der Waals surface area contributed by atoms with Crippen LogP contribution in [0.5, 0.6) is 0 Å². The third-order valence-corrected chi connectivity index (χ3v) is 4.52. The van der Waals surface area contributed by atoms with Gasteiger partial charge in [0.05, 0.1) is 25.8 Å². The monoisotopic (exact) mass is 357 g/mol. The molecule has 0 spiro atoms. The maximum atomic E-state index is 12.6. The lowest BCUT2D eigenvalue weighted by molar-refractivity contribution is -0.138. The smallest absolute Gasteiger partial charge is 0.317 e. The Morgan fingerprint density at radius 2 is 2.17 bits per heavy atom. The van der Waals surface area contributed by atoms with E-state index in [0.29, 0.717) is 51.4 Å². The number of nitrogens with zero attached hydrogens (tertiary/aromatic N) is 3. The van der Waals surface area contributed by atoms with Crippen LogP contribution in [-0.4, -0.2) is 77.4 Å². The fraction of sp³-hybridized carbons (Fsp3) is 0.667. The van der Waals surface area contributed by atoms with Crippen LogP contribution in [0.1, 0.15) is 12.2 Å². The van der Waals surface area contributed by atoms with Crippen molar-refractivity contribution in [2.24, 2.45) is 5.92 Å². The molecule has 0 saturated carbocycles. The van der Waals surface area contributed by atoms with E-state index < -0.39 is 5.97 Å². The van der Waals surface area contributed by atoms with Crippen molar-refractivity contribution in [3.63, 3.8) is 0 Å². The number of carboxylic acids is 1. The number of aryl methyl sites for hydroxylation is 1. The van der Waals surface area contributed by atoms with E-state index in [1.165, 1.54) is 0 Å². The molecule has 8 nitrogen and oxygen atoms in total. The number of carbonyl (C=O) groups excluding carboxylic acids is 1. The highest BCUT2D eigenvalue weighted by Gasteiger charge is 2.36. The Balaban J connectivity index is 1.63. The Hall–Kier alpha value is -1.64. The fourth-order valence-electron chi connectivity index (χ4n) is 3.35. The molecule has 2 saturated heterocycles. The van der Waals surface area contributed by atoms with Crippen molar-refractivity contribution in [2.45, 2.75) is 18.9 Å². The minimum atomic E-state index is -0.851. The number of fused-ring (bicyclic) bond motifs is 3. The standard InChI is InChI=1S/C15H20ClN3O5/c16-13-3-12(24-17-13)1-2-14(20)19-5-10-4-18(7-15(21)22)6-11(19)9-23-8-10/h3,10-11H,1-2,4-9H2,(H,21,22)/t10-,11-/m0/s1. The number of halogens is 1. The zero-order chi connectivity index (χ0) is 17.1. The Kier molecular flexibility index (Phi) is 5.37. The van der Waals surface area contributed by atoms with Gasteiger partial charge in [-0.2, -0.15) is 0 Å². The molecule has 2 atom stereocenters. The summed E-state index contributed by atoms with van der Waals surface area (Å²) in [5.74, 6) is -0.133. The molecule has 0 unspecified atom stereocenters. The molecule has 9 heteroatoms. The quantitative estimate of drug-likeness (QED) is 0.819. The lowest BCUT2D eigenvalue weighted by atomic mass is 10.1. The van der Waals surface area contributed by atoms with Gasteiger partial charge in [0.2, 0.25) is 5.91 Å². The van der Waals surface area contributed by atoms with Gasteiger partial charge >= 0.3 is 5.97 Å². The second-order valence-electron chi connectivity index (χ2n) is 6.31. The molecule has 3 rings (SSSR count). The van der Waals surface area contributed by atoms with E-state index in [4.69, 9.17) is 26.0 Å². The number of carbonyl (C=O) groups is 2. The van der Waals surface area contributed by atoms with Gasteiger partial charge in [0, 0.05) is 44.5 Å². The molecule has 2 aliphatic heterocycles. The van der Waals surface area contributed by atoms with E-state index in [1.807, 2.05) is 9.80 Å². The molecule has 0 aliphatic carbocycles. The van der Waals surface area contributed by atoms with Crippen LogP contribution < -0.4 is 0 Å². The average molecular weight is 358 g/mol. The second-order valence-corrected chi connectivity index (χ2v) is 6.69. The first-order valence-corrected chi connectivity index (χ1v) is 8.31. The molecule has 2 aliphatic rings. The highest BCUT2D eigenvalue weighted by Crippen LogP contribution is 2.21. The molecule has 1 N–H and O–H groups in total. The van der Waals surface area contributed by atoms with E-state index >= 15 is 0 Å². The van der Waals surface area contributed by atoms with Gasteiger partial charge in [0.25, 0.3) is 0 Å². The van der Waals surface area contributed by atoms with Crippen molar-refractivity contribution in [3.8, 4) is 0 Å². The Bertz CT molecular complexity index is 608. The van der Waals surface area contributed by atoms with Crippen LogP contribution in [0.4, 0.5) is 0 Å². The zero-order valence-electron chi connectivity index (χ0n) is 13.2. The molecule has 0 aromatic carbocycles. The lowest BCUT2D eigenvalue weighted by Gasteiger charge is -2.30. The van der Waals surface area contributed by atoms with Gasteiger partial charge in [-0.05, 0) is 0 Å². The van der Waals surface area contributed by atoms with E-state index in [9.17, 15) is 9.59 Å². The predicted octanol–water partition coefficient (Wildman–Crippen LogP) is 0.504. The first-order chi connectivity index (χ1) is 11.5. The van der Waals surface area contributed by atoms with Gasteiger partial charge in [-0.3, -0.25) is 14.5 Å². The van der Waals surface area contributed by atoms with Crippen LogP contribution >= 0.6 is 11.6 Å². The normalized spacial score (nSPS) is 24.6. The summed E-state index contributed by atoms with van der Waals surface area (Å²) in [6.07, 6.45) is 0.736. The van der Waals surface area contributed by atoms with Crippen LogP contribution in [0.2, 0.25) is 5.15 Å². The van der Waals surface area contributed by atoms with Crippen molar-refractivity contribution in [1.82, 2.24) is 15.0 Å². The highest BCUT2D eigenvalue weighted by atomic mass is 35.5. The summed E-state index contributed by atoms with van der Waals surface area (Å²) in [5, 5.41) is 12.9. The summed E-state index contributed by atoms with van der Waals surface area (Å²) in [7, 11) is 0. The minimum absolute atomic E-state index is 0.00834. The predicted molar refractivity (Wildman–Crippen MR) is 83.7 cm³/mol. The molecule has 132 valence electrons. The molecule has 1 aromatic heterocycles. The summed E-state index contributed by atoms with van der Waals surface area (Å²) < 4.78 is 10.7. The number of hydrogen-bond donors (Lipinski definition) is 1. The van der Waals surface area contributed by atoms with Crippen LogP contribution in [0.3, 0.4) is 0 Å². The summed E-state index contributed by atoms with van der Waals surface area (Å²) >= 11 is 5.71. The third kappa shape index (κ3) is 4.25. The van der Waals surface area contributed by atoms with Crippen LogP contribution in [0, 0.1) is 5.92 Å². The van der Waals surface area contributed by atoms with Crippen LogP contribution in [-0.2, 0) is 20.7 Å². The molecule has 24 heavy (non-hydrogen) atoms. The van der Waals surface area contributed by atoms with Crippen molar-refractivity contribution in [3.05, 3.63) is 17.0 Å². The number of rotatable bonds is 5. The van der Waals surface area contributed by atoms with Crippen molar-refractivity contribution in [1.29, 1.82) is 0 Å². The fourth-order valence-corrected chi connectivity index (χ4v) is 3.50. The summed E-state index contributed by atoms with van der Waals surface area (Å²) in [5.41, 5.74) is 0. The summed E-state index contributed by atoms with van der Waals surface area (Å²) in [6, 6.07) is 1.48. The Morgan fingerprint density at radius 3 is 2.88 bits per heavy atom. The van der Waals surface area contributed by atoms with Crippen molar-refractivity contribution in [2.75, 3.05) is 39.4 Å². The largest absolute Gasteiger partial charge is 0.480 e. The Labute approximate surface area is 144 Å². The molecule has 3 heterocycles. The van der Waals surface area contributed by atoms with Gasteiger partial charge in [-0.25, -0.2) is 0 Å². The van der Waals surface area contributed by atoms with Crippen LogP contribution in [0.15, 0.2) is 10.6 Å². The molecule has 1 aromatic rings. The Morgan fingerprint density at radius 1 is 1.33 bits per heavy atom. The van der Waals surface area contributed by atoms with Crippen LogP contribution in [0.25, 0.3) is 0 Å². The molecular weight excluding hydrogens is 338 g/mol. The highest BCUT2D eigenvalue weighted by molar-refractivity contribution is 6.29. The van der Waals surface area contributed by atoms with E-state index in [2.05, 4.69) is 5.16 Å². The number of hydrogen-bond acceptors (Lipinski definition) is 6. The summed E-state index contributed by atoms with van der Waals surface area (Å²) in [4.78, 5) is 27.4. The molecule has 2 bridgehead atoms. The maximum Gasteiger partial charge on any atom is 0.317 e. The average Bonchev–Trinajstić information content (AvgIpc) is 2.71. The molecule has 2 fully saturated rings. The molecular formula is C15H20ClN3O5. The number of aliphatic carboxylic acids is 1. The first-order valence-electron chi connectivity index (χ1n) is 7.93.